The summed E-state index contributed by atoms with van der Waals surface area (Å²) in [5.74, 6) is 1.07. The van der Waals surface area contributed by atoms with E-state index in [1.807, 2.05) is 12.1 Å². The van der Waals surface area contributed by atoms with Crippen LogP contribution in [0.3, 0.4) is 0 Å². The Bertz CT molecular complexity index is 590. The van der Waals surface area contributed by atoms with Crippen LogP contribution in [-0.2, 0) is 13.0 Å². The predicted octanol–water partition coefficient (Wildman–Crippen LogP) is 3.42. The Labute approximate surface area is 114 Å². The van der Waals surface area contributed by atoms with Crippen molar-refractivity contribution in [3.63, 3.8) is 0 Å². The lowest BCUT2D eigenvalue weighted by atomic mass is 9.93. The number of hydrogen-bond acceptors (Lipinski definition) is 5. The second-order valence-electron chi connectivity index (χ2n) is 4.62. The van der Waals surface area contributed by atoms with Crippen molar-refractivity contribution in [1.29, 1.82) is 0 Å². The number of nitro groups is 1. The minimum absolute atomic E-state index is 0.199. The second-order valence-corrected chi connectivity index (χ2v) is 5.77. The first-order chi connectivity index (χ1) is 9.24. The Kier molecular flexibility index (Phi) is 3.35. The molecule has 1 N–H and O–H groups in total. The molecule has 2 aromatic rings. The second kappa shape index (κ2) is 5.14. The van der Waals surface area contributed by atoms with E-state index in [-0.39, 0.29) is 9.92 Å². The van der Waals surface area contributed by atoms with Crippen LogP contribution in [0.1, 0.15) is 35.1 Å². The van der Waals surface area contributed by atoms with Crippen LogP contribution in [0.5, 0.6) is 0 Å². The van der Waals surface area contributed by atoms with Gasteiger partial charge >= 0.3 is 5.00 Å². The number of nitrogens with zero attached hydrogens (tertiary/aromatic N) is 1. The molecule has 0 spiro atoms. The molecule has 0 saturated heterocycles. The molecule has 0 bridgehead atoms. The van der Waals surface area contributed by atoms with Gasteiger partial charge in [-0.1, -0.05) is 11.3 Å². The molecule has 0 saturated carbocycles. The summed E-state index contributed by atoms with van der Waals surface area (Å²) >= 11 is 1.23. The monoisotopic (exact) mass is 278 g/mol. The summed E-state index contributed by atoms with van der Waals surface area (Å²) in [6.07, 6.45) is 4.94. The average Bonchev–Trinajstić information content (AvgIpc) is 3.05. The highest BCUT2D eigenvalue weighted by molar-refractivity contribution is 7.15. The Hall–Kier alpha value is -1.66. The highest BCUT2D eigenvalue weighted by Gasteiger charge is 2.22. The molecule has 3 rings (SSSR count). The molecule has 2 aromatic heterocycles. The lowest BCUT2D eigenvalue weighted by Gasteiger charge is -2.22. The topological polar surface area (TPSA) is 68.3 Å². The van der Waals surface area contributed by atoms with Gasteiger partial charge in [0.25, 0.3) is 0 Å². The zero-order valence-electron chi connectivity index (χ0n) is 10.3. The van der Waals surface area contributed by atoms with Crippen molar-refractivity contribution in [2.45, 2.75) is 31.8 Å². The SMILES string of the molecule is O=[N+]([O-])c1ccc(CNC2CCCc3occc32)s1. The van der Waals surface area contributed by atoms with Gasteiger partial charge in [-0.25, -0.2) is 0 Å². The highest BCUT2D eigenvalue weighted by atomic mass is 32.1. The maximum Gasteiger partial charge on any atom is 0.324 e. The third-order valence-corrected chi connectivity index (χ3v) is 4.44. The lowest BCUT2D eigenvalue weighted by Crippen LogP contribution is -2.23. The van der Waals surface area contributed by atoms with Crippen LogP contribution in [0.4, 0.5) is 5.00 Å². The molecular weight excluding hydrogens is 264 g/mol. The van der Waals surface area contributed by atoms with Crippen molar-refractivity contribution < 1.29 is 9.34 Å². The lowest BCUT2D eigenvalue weighted by molar-refractivity contribution is -0.380. The van der Waals surface area contributed by atoms with Crippen molar-refractivity contribution in [3.05, 3.63) is 50.8 Å². The number of aryl methyl sites for hydroxylation is 1. The van der Waals surface area contributed by atoms with E-state index in [9.17, 15) is 10.1 Å². The van der Waals surface area contributed by atoms with E-state index in [4.69, 9.17) is 4.42 Å². The van der Waals surface area contributed by atoms with Crippen LogP contribution in [0, 0.1) is 10.1 Å². The maximum atomic E-state index is 10.6. The number of fused-ring (bicyclic) bond motifs is 1. The molecule has 0 aliphatic heterocycles. The third kappa shape index (κ3) is 2.54. The van der Waals surface area contributed by atoms with Gasteiger partial charge in [-0.15, -0.1) is 0 Å². The molecule has 0 fully saturated rings. The first-order valence-corrected chi connectivity index (χ1v) is 7.08. The molecule has 6 heteroatoms. The molecule has 1 unspecified atom stereocenters. The van der Waals surface area contributed by atoms with Gasteiger partial charge in [-0.3, -0.25) is 10.1 Å². The summed E-state index contributed by atoms with van der Waals surface area (Å²) in [7, 11) is 0. The van der Waals surface area contributed by atoms with E-state index in [0.717, 1.165) is 29.9 Å². The first-order valence-electron chi connectivity index (χ1n) is 6.27. The summed E-state index contributed by atoms with van der Waals surface area (Å²) in [4.78, 5) is 11.3. The van der Waals surface area contributed by atoms with E-state index >= 15 is 0 Å². The third-order valence-electron chi connectivity index (χ3n) is 3.40. The zero-order valence-corrected chi connectivity index (χ0v) is 11.1. The largest absolute Gasteiger partial charge is 0.469 e. The quantitative estimate of drug-likeness (QED) is 0.687. The number of furan rings is 1. The minimum Gasteiger partial charge on any atom is -0.469 e. The van der Waals surface area contributed by atoms with Crippen molar-refractivity contribution >= 4 is 16.3 Å². The first kappa shape index (κ1) is 12.4. The van der Waals surface area contributed by atoms with E-state index < -0.39 is 0 Å². The Balaban J connectivity index is 1.65. The van der Waals surface area contributed by atoms with Gasteiger partial charge in [0.05, 0.1) is 11.2 Å². The Morgan fingerprint density at radius 1 is 1.47 bits per heavy atom. The zero-order chi connectivity index (χ0) is 13.2. The summed E-state index contributed by atoms with van der Waals surface area (Å²) in [6.45, 7) is 0.661. The maximum absolute atomic E-state index is 10.6. The molecule has 0 amide bonds. The minimum atomic E-state index is -0.344. The Morgan fingerprint density at radius 3 is 3.16 bits per heavy atom. The molecular formula is C13H14N2O3S. The molecule has 0 aromatic carbocycles. The number of hydrogen-bond donors (Lipinski definition) is 1. The molecule has 100 valence electrons. The highest BCUT2D eigenvalue weighted by Crippen LogP contribution is 2.31. The summed E-state index contributed by atoms with van der Waals surface area (Å²) < 4.78 is 5.45. The van der Waals surface area contributed by atoms with Gasteiger partial charge < -0.3 is 9.73 Å². The fraction of sp³-hybridized carbons (Fsp3) is 0.385. The molecule has 1 atom stereocenters. The normalized spacial score (nSPS) is 18.2. The van der Waals surface area contributed by atoms with Crippen LogP contribution in [0.15, 0.2) is 28.9 Å². The molecule has 0 radical (unpaired) electrons. The summed E-state index contributed by atoms with van der Waals surface area (Å²) in [6, 6.07) is 5.69. The fourth-order valence-corrected chi connectivity index (χ4v) is 3.25. The van der Waals surface area contributed by atoms with Gasteiger partial charge in [-0.2, -0.15) is 0 Å². The number of thiophene rings is 1. The Morgan fingerprint density at radius 2 is 2.37 bits per heavy atom. The number of nitrogens with one attached hydrogen (secondary N) is 1. The standard InChI is InChI=1S/C13H14N2O3S/c16-15(17)13-5-4-9(19-13)8-14-11-2-1-3-12-10(11)6-7-18-12/h4-7,11,14H,1-3,8H2. The van der Waals surface area contributed by atoms with Crippen molar-refractivity contribution in [2.75, 3.05) is 0 Å². The van der Waals surface area contributed by atoms with E-state index in [1.165, 1.54) is 16.9 Å². The summed E-state index contributed by atoms with van der Waals surface area (Å²) in [5.41, 5.74) is 1.23. The smallest absolute Gasteiger partial charge is 0.324 e. The van der Waals surface area contributed by atoms with Crippen LogP contribution in [0.2, 0.25) is 0 Å². The molecule has 1 aliphatic carbocycles. The predicted molar refractivity (Wildman–Crippen MR) is 72.2 cm³/mol. The fourth-order valence-electron chi connectivity index (χ4n) is 2.48. The molecule has 1 aliphatic rings. The van der Waals surface area contributed by atoms with Crippen LogP contribution in [-0.4, -0.2) is 4.92 Å². The van der Waals surface area contributed by atoms with Crippen LogP contribution < -0.4 is 5.32 Å². The van der Waals surface area contributed by atoms with Crippen molar-refractivity contribution in [3.8, 4) is 0 Å². The van der Waals surface area contributed by atoms with Gasteiger partial charge in [0.15, 0.2) is 0 Å². The van der Waals surface area contributed by atoms with Crippen LogP contribution in [0.25, 0.3) is 0 Å². The molecule has 5 nitrogen and oxygen atoms in total. The number of rotatable bonds is 4. The molecule has 2 heterocycles. The van der Waals surface area contributed by atoms with Crippen molar-refractivity contribution in [1.82, 2.24) is 5.32 Å². The van der Waals surface area contributed by atoms with Gasteiger partial charge in [0.1, 0.15) is 5.76 Å². The summed E-state index contributed by atoms with van der Waals surface area (Å²) in [5, 5.41) is 14.3. The van der Waals surface area contributed by atoms with E-state index in [2.05, 4.69) is 5.32 Å². The van der Waals surface area contributed by atoms with E-state index in [1.54, 1.807) is 12.3 Å². The van der Waals surface area contributed by atoms with E-state index in [0.29, 0.717) is 12.6 Å². The van der Waals surface area contributed by atoms with Crippen molar-refractivity contribution in [2.24, 2.45) is 0 Å². The van der Waals surface area contributed by atoms with Crippen LogP contribution >= 0.6 is 11.3 Å². The van der Waals surface area contributed by atoms with Gasteiger partial charge in [0.2, 0.25) is 0 Å². The average molecular weight is 278 g/mol. The van der Waals surface area contributed by atoms with Gasteiger partial charge in [0, 0.05) is 35.5 Å². The molecule has 19 heavy (non-hydrogen) atoms. The van der Waals surface area contributed by atoms with Gasteiger partial charge in [-0.05, 0) is 25.0 Å².